The van der Waals surface area contributed by atoms with Gasteiger partial charge in [0.05, 0.1) is 11.0 Å². The van der Waals surface area contributed by atoms with E-state index in [0.29, 0.717) is 25.3 Å². The third-order valence-corrected chi connectivity index (χ3v) is 6.77. The van der Waals surface area contributed by atoms with Crippen molar-refractivity contribution < 1.29 is 14.3 Å². The number of imidazole rings is 1. The number of H-pyrrole nitrogens is 1. The lowest BCUT2D eigenvalue weighted by atomic mass is 9.88. The molecule has 1 aliphatic carbocycles. The van der Waals surface area contributed by atoms with Crippen LogP contribution in [0.2, 0.25) is 0 Å². The minimum absolute atomic E-state index is 0.0148. The van der Waals surface area contributed by atoms with Crippen LogP contribution >= 0.6 is 0 Å². The summed E-state index contributed by atoms with van der Waals surface area (Å²) in [5.41, 5.74) is 3.26. The van der Waals surface area contributed by atoms with Crippen LogP contribution in [0.1, 0.15) is 75.1 Å². The highest BCUT2D eigenvalue weighted by atomic mass is 16.6. The zero-order chi connectivity index (χ0) is 25.9. The van der Waals surface area contributed by atoms with E-state index >= 15 is 0 Å². The maximum atomic E-state index is 13.5. The maximum Gasteiger partial charge on any atom is 0.410 e. The Morgan fingerprint density at radius 2 is 1.75 bits per heavy atom. The molecule has 0 bridgehead atoms. The highest BCUT2D eigenvalue weighted by Gasteiger charge is 2.36. The fourth-order valence-corrected chi connectivity index (χ4v) is 5.08. The molecule has 2 atom stereocenters. The Morgan fingerprint density at radius 1 is 1.06 bits per heavy atom. The van der Waals surface area contributed by atoms with Crippen molar-refractivity contribution >= 4 is 23.0 Å². The van der Waals surface area contributed by atoms with Gasteiger partial charge in [0.1, 0.15) is 5.60 Å². The van der Waals surface area contributed by atoms with Crippen LogP contribution in [-0.2, 0) is 11.3 Å². The summed E-state index contributed by atoms with van der Waals surface area (Å²) < 4.78 is 5.80. The SMILES string of the molecule is CCN(C(=O)c1nc2ccc(C)cc2[nH]1)[C@H]1CCC[C@@H](N(Cc2ccccc2)C(=O)OC(C)(C)C)C1. The average molecular weight is 491 g/mol. The molecule has 1 heterocycles. The number of hydrogen-bond donors (Lipinski definition) is 1. The van der Waals surface area contributed by atoms with Crippen molar-refractivity contribution in [3.05, 3.63) is 65.5 Å². The number of amides is 2. The van der Waals surface area contributed by atoms with Crippen LogP contribution in [0, 0.1) is 6.92 Å². The summed E-state index contributed by atoms with van der Waals surface area (Å²) in [5, 5.41) is 0. The third kappa shape index (κ3) is 6.07. The van der Waals surface area contributed by atoms with Crippen molar-refractivity contribution in [3.8, 4) is 0 Å². The Balaban J connectivity index is 1.55. The molecule has 2 aromatic carbocycles. The van der Waals surface area contributed by atoms with E-state index in [1.54, 1.807) is 0 Å². The number of ether oxygens (including phenoxy) is 1. The molecular formula is C29H38N4O3. The van der Waals surface area contributed by atoms with E-state index in [0.717, 1.165) is 41.4 Å². The molecule has 0 aliphatic heterocycles. The first kappa shape index (κ1) is 25.7. The number of fused-ring (bicyclic) bond motifs is 1. The van der Waals surface area contributed by atoms with Gasteiger partial charge < -0.3 is 19.5 Å². The molecule has 7 heteroatoms. The van der Waals surface area contributed by atoms with Crippen molar-refractivity contribution in [1.29, 1.82) is 0 Å². The van der Waals surface area contributed by atoms with Gasteiger partial charge in [-0.15, -0.1) is 0 Å². The molecule has 0 unspecified atom stereocenters. The molecule has 4 rings (SSSR count). The van der Waals surface area contributed by atoms with Crippen LogP contribution in [0.3, 0.4) is 0 Å². The van der Waals surface area contributed by atoms with Crippen molar-refractivity contribution in [2.24, 2.45) is 0 Å². The van der Waals surface area contributed by atoms with Crippen LogP contribution in [0.15, 0.2) is 48.5 Å². The van der Waals surface area contributed by atoms with E-state index in [1.807, 2.05) is 92.9 Å². The molecule has 192 valence electrons. The standard InChI is InChI=1S/C29H38N4O3/c1-6-32(27(34)26-30-24-16-15-20(2)17-25(24)31-26)22-13-10-14-23(18-22)33(28(35)36-29(3,4)5)19-21-11-8-7-9-12-21/h7-9,11-12,15-17,22-23H,6,10,13-14,18-19H2,1-5H3,(H,30,31)/t22-,23+/m0/s1. The zero-order valence-electron chi connectivity index (χ0n) is 22.1. The van der Waals surface area contributed by atoms with Gasteiger partial charge in [-0.25, -0.2) is 9.78 Å². The number of carbonyl (C=O) groups excluding carboxylic acids is 2. The van der Waals surface area contributed by atoms with E-state index in [1.165, 1.54) is 0 Å². The number of aromatic nitrogens is 2. The Hall–Kier alpha value is -3.35. The number of rotatable bonds is 6. The smallest absolute Gasteiger partial charge is 0.410 e. The topological polar surface area (TPSA) is 78.5 Å². The number of aromatic amines is 1. The Labute approximate surface area is 213 Å². The average Bonchev–Trinajstić information content (AvgIpc) is 3.26. The number of benzene rings is 2. The summed E-state index contributed by atoms with van der Waals surface area (Å²) in [6, 6.07) is 16.0. The first-order valence-corrected chi connectivity index (χ1v) is 13.0. The van der Waals surface area contributed by atoms with Gasteiger partial charge in [0.2, 0.25) is 0 Å². The second kappa shape index (κ2) is 10.7. The first-order valence-electron chi connectivity index (χ1n) is 13.0. The molecule has 1 fully saturated rings. The lowest BCUT2D eigenvalue weighted by molar-refractivity contribution is 0.00431. The lowest BCUT2D eigenvalue weighted by Gasteiger charge is -2.41. The van der Waals surface area contributed by atoms with Crippen LogP contribution in [-0.4, -0.2) is 56.0 Å². The molecule has 2 amide bonds. The second-order valence-electron chi connectivity index (χ2n) is 10.8. The molecule has 7 nitrogen and oxygen atoms in total. The monoisotopic (exact) mass is 490 g/mol. The molecule has 1 aromatic heterocycles. The van der Waals surface area contributed by atoms with Gasteiger partial charge in [-0.1, -0.05) is 36.4 Å². The lowest BCUT2D eigenvalue weighted by Crippen LogP contribution is -2.50. The quantitative estimate of drug-likeness (QED) is 0.454. The molecule has 0 radical (unpaired) electrons. The Kier molecular flexibility index (Phi) is 7.67. The van der Waals surface area contributed by atoms with Gasteiger partial charge >= 0.3 is 6.09 Å². The molecule has 1 aliphatic rings. The summed E-state index contributed by atoms with van der Waals surface area (Å²) in [7, 11) is 0. The summed E-state index contributed by atoms with van der Waals surface area (Å²) in [6.45, 7) is 10.8. The minimum atomic E-state index is -0.578. The predicted molar refractivity (Wildman–Crippen MR) is 142 cm³/mol. The van der Waals surface area contributed by atoms with Crippen LogP contribution in [0.5, 0.6) is 0 Å². The molecule has 1 saturated carbocycles. The van der Waals surface area contributed by atoms with Crippen LogP contribution in [0.4, 0.5) is 4.79 Å². The van der Waals surface area contributed by atoms with Crippen molar-refractivity contribution in [2.45, 2.75) is 84.5 Å². The van der Waals surface area contributed by atoms with Crippen molar-refractivity contribution in [2.75, 3.05) is 6.54 Å². The summed E-state index contributed by atoms with van der Waals surface area (Å²) in [4.78, 5) is 38.4. The Morgan fingerprint density at radius 3 is 2.42 bits per heavy atom. The first-order chi connectivity index (χ1) is 17.1. The minimum Gasteiger partial charge on any atom is -0.444 e. The van der Waals surface area contributed by atoms with Gasteiger partial charge in [0, 0.05) is 25.2 Å². The van der Waals surface area contributed by atoms with Crippen molar-refractivity contribution in [1.82, 2.24) is 19.8 Å². The predicted octanol–water partition coefficient (Wildman–Crippen LogP) is 6.08. The Bertz CT molecular complexity index is 1200. The molecule has 0 saturated heterocycles. The van der Waals surface area contributed by atoms with Gasteiger partial charge in [0.15, 0.2) is 5.82 Å². The number of hydrogen-bond acceptors (Lipinski definition) is 4. The van der Waals surface area contributed by atoms with Crippen LogP contribution in [0.25, 0.3) is 11.0 Å². The fraction of sp³-hybridized carbons (Fsp3) is 0.483. The second-order valence-corrected chi connectivity index (χ2v) is 10.8. The third-order valence-electron chi connectivity index (χ3n) is 6.77. The number of nitrogens with one attached hydrogen (secondary N) is 1. The van der Waals surface area contributed by atoms with Gasteiger partial charge in [-0.3, -0.25) is 4.79 Å². The van der Waals surface area contributed by atoms with E-state index in [4.69, 9.17) is 4.74 Å². The molecule has 0 spiro atoms. The normalized spacial score (nSPS) is 18.1. The van der Waals surface area contributed by atoms with Crippen LogP contribution < -0.4 is 0 Å². The molecule has 3 aromatic rings. The number of carbonyl (C=O) groups is 2. The summed E-state index contributed by atoms with van der Waals surface area (Å²) in [5.74, 6) is 0.275. The molecule has 1 N–H and O–H groups in total. The zero-order valence-corrected chi connectivity index (χ0v) is 22.1. The van der Waals surface area contributed by atoms with Gasteiger partial charge in [-0.2, -0.15) is 0 Å². The highest BCUT2D eigenvalue weighted by molar-refractivity contribution is 5.94. The fourth-order valence-electron chi connectivity index (χ4n) is 5.08. The van der Waals surface area contributed by atoms with Gasteiger partial charge in [-0.05, 0) is 83.6 Å². The summed E-state index contributed by atoms with van der Waals surface area (Å²) in [6.07, 6.45) is 3.14. The van der Waals surface area contributed by atoms with E-state index in [2.05, 4.69) is 9.97 Å². The van der Waals surface area contributed by atoms with Gasteiger partial charge in [0.25, 0.3) is 5.91 Å². The number of aryl methyl sites for hydroxylation is 1. The van der Waals surface area contributed by atoms with E-state index < -0.39 is 5.60 Å². The molecular weight excluding hydrogens is 452 g/mol. The molecule has 36 heavy (non-hydrogen) atoms. The highest BCUT2D eigenvalue weighted by Crippen LogP contribution is 2.30. The number of nitrogens with zero attached hydrogens (tertiary/aromatic N) is 3. The summed E-state index contributed by atoms with van der Waals surface area (Å²) >= 11 is 0. The maximum absolute atomic E-state index is 13.5. The van der Waals surface area contributed by atoms with Crippen molar-refractivity contribution in [3.63, 3.8) is 0 Å². The largest absolute Gasteiger partial charge is 0.444 e. The van der Waals surface area contributed by atoms with E-state index in [-0.39, 0.29) is 24.1 Å². The van der Waals surface area contributed by atoms with E-state index in [9.17, 15) is 9.59 Å².